The summed E-state index contributed by atoms with van der Waals surface area (Å²) in [5, 5.41) is 0. The van der Waals surface area contributed by atoms with E-state index in [1.165, 1.54) is 30.2 Å². The highest BCUT2D eigenvalue weighted by atomic mass is 19.1. The first-order valence-electron chi connectivity index (χ1n) is 6.17. The van der Waals surface area contributed by atoms with Crippen molar-refractivity contribution >= 4 is 17.2 Å². The van der Waals surface area contributed by atoms with Crippen LogP contribution in [0.15, 0.2) is 30.9 Å². The maximum Gasteiger partial charge on any atom is 0.358 e. The Bertz CT molecular complexity index is 892. The first-order valence-corrected chi connectivity index (χ1v) is 6.17. The third-order valence-electron chi connectivity index (χ3n) is 3.18. The van der Waals surface area contributed by atoms with Crippen LogP contribution in [-0.4, -0.2) is 27.4 Å². The SMILES string of the molecule is COC(=O)c1ncn2cc(-c3c(F)ccc(N)c3F)ncc12. The average Bonchev–Trinajstić information content (AvgIpc) is 2.94. The van der Waals surface area contributed by atoms with Crippen LogP contribution >= 0.6 is 0 Å². The maximum absolute atomic E-state index is 14.0. The van der Waals surface area contributed by atoms with Crippen LogP contribution in [0.2, 0.25) is 0 Å². The first-order chi connectivity index (χ1) is 10.5. The van der Waals surface area contributed by atoms with Gasteiger partial charge in [0.25, 0.3) is 0 Å². The molecule has 0 unspecified atom stereocenters. The van der Waals surface area contributed by atoms with Gasteiger partial charge in [-0.15, -0.1) is 0 Å². The third-order valence-corrected chi connectivity index (χ3v) is 3.18. The van der Waals surface area contributed by atoms with Crippen molar-refractivity contribution in [3.8, 4) is 11.3 Å². The second-order valence-electron chi connectivity index (χ2n) is 4.48. The largest absolute Gasteiger partial charge is 0.464 e. The van der Waals surface area contributed by atoms with E-state index in [0.29, 0.717) is 5.52 Å². The molecule has 2 N–H and O–H groups in total. The van der Waals surface area contributed by atoms with E-state index >= 15 is 0 Å². The number of methoxy groups -OCH3 is 1. The van der Waals surface area contributed by atoms with Crippen LogP contribution in [0.3, 0.4) is 0 Å². The number of rotatable bonds is 2. The number of nitrogens with zero attached hydrogens (tertiary/aromatic N) is 3. The number of halogens is 2. The van der Waals surface area contributed by atoms with E-state index in [1.54, 1.807) is 0 Å². The van der Waals surface area contributed by atoms with Crippen molar-refractivity contribution in [2.45, 2.75) is 0 Å². The lowest BCUT2D eigenvalue weighted by atomic mass is 10.1. The van der Waals surface area contributed by atoms with Crippen LogP contribution in [0.5, 0.6) is 0 Å². The van der Waals surface area contributed by atoms with Gasteiger partial charge in [0.2, 0.25) is 0 Å². The van der Waals surface area contributed by atoms with Gasteiger partial charge in [0.15, 0.2) is 11.5 Å². The Kier molecular flexibility index (Phi) is 3.21. The molecule has 0 aliphatic heterocycles. The van der Waals surface area contributed by atoms with Crippen molar-refractivity contribution < 1.29 is 18.3 Å². The van der Waals surface area contributed by atoms with Crippen molar-refractivity contribution in [3.63, 3.8) is 0 Å². The zero-order valence-corrected chi connectivity index (χ0v) is 11.4. The van der Waals surface area contributed by atoms with E-state index < -0.39 is 17.6 Å². The molecule has 0 atom stereocenters. The minimum Gasteiger partial charge on any atom is -0.464 e. The fourth-order valence-corrected chi connectivity index (χ4v) is 2.08. The molecule has 0 radical (unpaired) electrons. The quantitative estimate of drug-likeness (QED) is 0.578. The Hall–Kier alpha value is -3.03. The molecular formula is C14H10F2N4O2. The summed E-state index contributed by atoms with van der Waals surface area (Å²) in [4.78, 5) is 19.4. The molecule has 1 aromatic carbocycles. The Morgan fingerprint density at radius 1 is 1.32 bits per heavy atom. The molecule has 22 heavy (non-hydrogen) atoms. The molecule has 2 heterocycles. The molecule has 0 spiro atoms. The highest BCUT2D eigenvalue weighted by Crippen LogP contribution is 2.28. The van der Waals surface area contributed by atoms with Gasteiger partial charge in [0.05, 0.1) is 35.8 Å². The monoisotopic (exact) mass is 304 g/mol. The number of esters is 1. The Balaban J connectivity index is 2.19. The highest BCUT2D eigenvalue weighted by molar-refractivity contribution is 5.94. The van der Waals surface area contributed by atoms with Crippen LogP contribution in [0.25, 0.3) is 16.8 Å². The third kappa shape index (κ3) is 2.05. The topological polar surface area (TPSA) is 82.5 Å². The van der Waals surface area contributed by atoms with Gasteiger partial charge in [0, 0.05) is 6.20 Å². The van der Waals surface area contributed by atoms with Crippen LogP contribution in [0, 0.1) is 11.6 Å². The molecule has 112 valence electrons. The summed E-state index contributed by atoms with van der Waals surface area (Å²) in [6.45, 7) is 0. The number of imidazole rings is 1. The first kappa shape index (κ1) is 13.9. The number of carbonyl (C=O) groups excluding carboxylic acids is 1. The molecule has 0 saturated carbocycles. The fourth-order valence-electron chi connectivity index (χ4n) is 2.08. The number of anilines is 1. The van der Waals surface area contributed by atoms with Gasteiger partial charge in [-0.05, 0) is 12.1 Å². The number of hydrogen-bond acceptors (Lipinski definition) is 5. The van der Waals surface area contributed by atoms with Gasteiger partial charge < -0.3 is 14.9 Å². The molecule has 3 aromatic rings. The predicted octanol–water partition coefficient (Wildman–Crippen LogP) is 2.04. The molecule has 0 bridgehead atoms. The van der Waals surface area contributed by atoms with E-state index in [2.05, 4.69) is 14.7 Å². The van der Waals surface area contributed by atoms with Crippen LogP contribution < -0.4 is 5.73 Å². The summed E-state index contributed by atoms with van der Waals surface area (Å²) in [7, 11) is 1.23. The van der Waals surface area contributed by atoms with E-state index in [1.807, 2.05) is 0 Å². The van der Waals surface area contributed by atoms with Crippen molar-refractivity contribution in [3.05, 3.63) is 48.2 Å². The number of nitrogens with two attached hydrogens (primary N) is 1. The number of nitrogen functional groups attached to an aromatic ring is 1. The van der Waals surface area contributed by atoms with Gasteiger partial charge in [-0.3, -0.25) is 4.98 Å². The number of fused-ring (bicyclic) bond motifs is 1. The molecule has 0 aliphatic rings. The van der Waals surface area contributed by atoms with E-state index in [0.717, 1.165) is 12.1 Å². The predicted molar refractivity (Wildman–Crippen MR) is 74.1 cm³/mol. The number of carbonyl (C=O) groups is 1. The van der Waals surface area contributed by atoms with Crippen molar-refractivity contribution in [1.82, 2.24) is 14.4 Å². The van der Waals surface area contributed by atoms with Gasteiger partial charge >= 0.3 is 5.97 Å². The standard InChI is InChI=1S/C14H10F2N4O2/c1-22-14(21)13-10-4-18-9(5-20(10)6-19-13)11-7(15)2-3-8(17)12(11)16/h2-6H,17H2,1H3. The molecule has 0 saturated heterocycles. The van der Waals surface area contributed by atoms with Gasteiger partial charge in [-0.25, -0.2) is 18.6 Å². The molecule has 0 amide bonds. The molecule has 8 heteroatoms. The number of hydrogen-bond donors (Lipinski definition) is 1. The summed E-state index contributed by atoms with van der Waals surface area (Å²) in [5.74, 6) is -2.30. The smallest absolute Gasteiger partial charge is 0.358 e. The van der Waals surface area contributed by atoms with Gasteiger partial charge in [-0.1, -0.05) is 0 Å². The average molecular weight is 304 g/mol. The Labute approximate surface area is 123 Å². The zero-order valence-electron chi connectivity index (χ0n) is 11.4. The lowest BCUT2D eigenvalue weighted by Crippen LogP contribution is -2.03. The van der Waals surface area contributed by atoms with E-state index in [4.69, 9.17) is 5.73 Å². The van der Waals surface area contributed by atoms with Gasteiger partial charge in [-0.2, -0.15) is 0 Å². The van der Waals surface area contributed by atoms with Crippen molar-refractivity contribution in [2.75, 3.05) is 12.8 Å². The lowest BCUT2D eigenvalue weighted by Gasteiger charge is -2.07. The molecule has 6 nitrogen and oxygen atoms in total. The van der Waals surface area contributed by atoms with Crippen LogP contribution in [0.4, 0.5) is 14.5 Å². The zero-order chi connectivity index (χ0) is 15.9. The minimum absolute atomic E-state index is 0.0311. The highest BCUT2D eigenvalue weighted by Gasteiger charge is 2.18. The van der Waals surface area contributed by atoms with Gasteiger partial charge in [0.1, 0.15) is 12.1 Å². The number of benzene rings is 1. The second-order valence-corrected chi connectivity index (χ2v) is 4.48. The molecule has 3 rings (SSSR count). The Morgan fingerprint density at radius 2 is 2.09 bits per heavy atom. The number of ether oxygens (including phenoxy) is 1. The normalized spacial score (nSPS) is 10.9. The van der Waals surface area contributed by atoms with E-state index in [9.17, 15) is 13.6 Å². The summed E-state index contributed by atoms with van der Waals surface area (Å²) >= 11 is 0. The van der Waals surface area contributed by atoms with Crippen LogP contribution in [-0.2, 0) is 4.74 Å². The summed E-state index contributed by atoms with van der Waals surface area (Å²) in [6, 6.07) is 2.20. The lowest BCUT2D eigenvalue weighted by molar-refractivity contribution is 0.0597. The molecule has 2 aromatic heterocycles. The van der Waals surface area contributed by atoms with Crippen molar-refractivity contribution in [1.29, 1.82) is 0 Å². The fraction of sp³-hybridized carbons (Fsp3) is 0.0714. The molecule has 0 aliphatic carbocycles. The molecular weight excluding hydrogens is 294 g/mol. The minimum atomic E-state index is -0.889. The molecule has 0 fully saturated rings. The van der Waals surface area contributed by atoms with E-state index in [-0.39, 0.29) is 22.6 Å². The number of aromatic nitrogens is 3. The second kappa shape index (κ2) is 5.06. The Morgan fingerprint density at radius 3 is 2.82 bits per heavy atom. The summed E-state index contributed by atoms with van der Waals surface area (Å²) in [6.07, 6.45) is 3.97. The van der Waals surface area contributed by atoms with Crippen molar-refractivity contribution in [2.24, 2.45) is 0 Å². The maximum atomic E-state index is 14.0. The summed E-state index contributed by atoms with van der Waals surface area (Å²) in [5.41, 5.74) is 5.39. The van der Waals surface area contributed by atoms with Crippen LogP contribution in [0.1, 0.15) is 10.5 Å². The summed E-state index contributed by atoms with van der Waals surface area (Å²) < 4.78 is 33.9.